The minimum Gasteiger partial charge on any atom is -0.496 e. The lowest BCUT2D eigenvalue weighted by Gasteiger charge is -2.37. The predicted molar refractivity (Wildman–Crippen MR) is 109 cm³/mol. The number of nitrogens with one attached hydrogen (secondary N) is 1. The van der Waals surface area contributed by atoms with Crippen molar-refractivity contribution in [3.63, 3.8) is 0 Å². The first-order valence-electron chi connectivity index (χ1n) is 10.2. The molecule has 0 spiro atoms. The highest BCUT2D eigenvalue weighted by molar-refractivity contribution is 6.08. The lowest BCUT2D eigenvalue weighted by Crippen LogP contribution is -2.52. The van der Waals surface area contributed by atoms with Crippen molar-refractivity contribution in [1.82, 2.24) is 15.1 Å². The van der Waals surface area contributed by atoms with Gasteiger partial charge in [0, 0.05) is 25.2 Å². The summed E-state index contributed by atoms with van der Waals surface area (Å²) in [5.74, 6) is -0.786. The average molecular weight is 436 g/mol. The van der Waals surface area contributed by atoms with Crippen molar-refractivity contribution in [3.8, 4) is 5.75 Å². The van der Waals surface area contributed by atoms with Gasteiger partial charge in [0.25, 0.3) is 0 Å². The highest BCUT2D eigenvalue weighted by atomic mass is 35.5. The fraction of sp³-hybridized carbons (Fsp3) is 0.571. The Morgan fingerprint density at radius 3 is 2.50 bits per heavy atom. The van der Waals surface area contributed by atoms with Crippen LogP contribution in [0.5, 0.6) is 5.75 Å². The molecule has 0 radical (unpaired) electrons. The second-order valence-electron chi connectivity index (χ2n) is 8.15. The smallest absolute Gasteiger partial charge is 0.243 e. The summed E-state index contributed by atoms with van der Waals surface area (Å²) in [5, 5.41) is 3.32. The molecule has 8 nitrogen and oxygen atoms in total. The Bertz CT molecular complexity index is 837. The number of nitrogens with zero attached hydrogens (tertiary/aromatic N) is 2. The van der Waals surface area contributed by atoms with E-state index in [0.717, 1.165) is 24.2 Å². The van der Waals surface area contributed by atoms with Gasteiger partial charge in [-0.1, -0.05) is 18.2 Å². The van der Waals surface area contributed by atoms with E-state index in [-0.39, 0.29) is 54.9 Å². The molecule has 9 heteroatoms. The Labute approximate surface area is 181 Å². The van der Waals surface area contributed by atoms with Crippen LogP contribution in [0.25, 0.3) is 0 Å². The van der Waals surface area contributed by atoms with E-state index in [1.54, 1.807) is 12.0 Å². The average Bonchev–Trinajstić information content (AvgIpc) is 3.44. The minimum atomic E-state index is -0.401. The first-order chi connectivity index (χ1) is 14.1. The van der Waals surface area contributed by atoms with Crippen LogP contribution in [0.1, 0.15) is 24.4 Å². The molecule has 4 saturated heterocycles. The van der Waals surface area contributed by atoms with Crippen molar-refractivity contribution in [2.45, 2.75) is 31.1 Å². The van der Waals surface area contributed by atoms with E-state index in [2.05, 4.69) is 5.32 Å². The molecule has 4 heterocycles. The molecule has 5 atom stereocenters. The summed E-state index contributed by atoms with van der Waals surface area (Å²) >= 11 is 0. The maximum absolute atomic E-state index is 13.2. The van der Waals surface area contributed by atoms with Crippen LogP contribution in [0.2, 0.25) is 0 Å². The first-order valence-corrected chi connectivity index (χ1v) is 10.2. The summed E-state index contributed by atoms with van der Waals surface area (Å²) in [6.45, 7) is 1.58. The Morgan fingerprint density at radius 1 is 1.17 bits per heavy atom. The molecule has 5 rings (SSSR count). The highest BCUT2D eigenvalue weighted by Crippen LogP contribution is 2.48. The molecular weight excluding hydrogens is 410 g/mol. The van der Waals surface area contributed by atoms with Gasteiger partial charge in [0.2, 0.25) is 17.7 Å². The number of piperazine rings is 1. The maximum atomic E-state index is 13.2. The number of halogens is 1. The van der Waals surface area contributed by atoms with Crippen molar-refractivity contribution in [2.24, 2.45) is 11.8 Å². The van der Waals surface area contributed by atoms with E-state index in [1.807, 2.05) is 24.3 Å². The van der Waals surface area contributed by atoms with Gasteiger partial charge < -0.3 is 19.7 Å². The summed E-state index contributed by atoms with van der Waals surface area (Å²) in [6.07, 6.45) is 1.31. The summed E-state index contributed by atoms with van der Waals surface area (Å²) in [6, 6.07) is 7.42. The summed E-state index contributed by atoms with van der Waals surface area (Å²) in [7, 11) is 1.61. The number of rotatable bonds is 4. The Balaban J connectivity index is 0.00000218. The number of fused-ring (bicyclic) bond motifs is 5. The van der Waals surface area contributed by atoms with Gasteiger partial charge in [-0.2, -0.15) is 0 Å². The highest BCUT2D eigenvalue weighted by Gasteiger charge is 2.62. The first kappa shape index (κ1) is 21.1. The second-order valence-corrected chi connectivity index (χ2v) is 8.15. The predicted octanol–water partition coefficient (Wildman–Crippen LogP) is 0.752. The molecule has 4 fully saturated rings. The topological polar surface area (TPSA) is 88.2 Å². The zero-order chi connectivity index (χ0) is 20.1. The van der Waals surface area contributed by atoms with Crippen LogP contribution in [0.4, 0.5) is 0 Å². The molecule has 2 bridgehead atoms. The number of hydrogen-bond donors (Lipinski definition) is 1. The van der Waals surface area contributed by atoms with Gasteiger partial charge in [0.15, 0.2) is 0 Å². The van der Waals surface area contributed by atoms with Crippen LogP contribution in [0, 0.1) is 11.8 Å². The summed E-state index contributed by atoms with van der Waals surface area (Å²) < 4.78 is 11.2. The van der Waals surface area contributed by atoms with Crippen molar-refractivity contribution in [2.75, 3.05) is 33.3 Å². The van der Waals surface area contributed by atoms with Crippen LogP contribution in [-0.4, -0.2) is 73.0 Å². The van der Waals surface area contributed by atoms with Gasteiger partial charge in [-0.15, -0.1) is 12.4 Å². The van der Waals surface area contributed by atoms with Gasteiger partial charge in [-0.3, -0.25) is 19.3 Å². The summed E-state index contributed by atoms with van der Waals surface area (Å²) in [5.41, 5.74) is 0.915. The van der Waals surface area contributed by atoms with Crippen LogP contribution in [-0.2, 0) is 19.1 Å². The van der Waals surface area contributed by atoms with Crippen molar-refractivity contribution in [3.05, 3.63) is 29.8 Å². The number of methoxy groups -OCH3 is 1. The molecule has 4 aliphatic heterocycles. The Hall–Kier alpha value is -2.16. The lowest BCUT2D eigenvalue weighted by molar-refractivity contribution is -0.149. The molecule has 162 valence electrons. The fourth-order valence-corrected chi connectivity index (χ4v) is 5.38. The largest absolute Gasteiger partial charge is 0.496 e. The number of para-hydroxylation sites is 1. The van der Waals surface area contributed by atoms with Crippen molar-refractivity contribution < 1.29 is 23.9 Å². The molecule has 1 N–H and O–H groups in total. The second kappa shape index (κ2) is 8.17. The Morgan fingerprint density at radius 2 is 1.83 bits per heavy atom. The number of carbonyl (C=O) groups excluding carboxylic acids is 3. The molecule has 0 saturated carbocycles. The van der Waals surface area contributed by atoms with Crippen LogP contribution in [0.15, 0.2) is 24.3 Å². The van der Waals surface area contributed by atoms with Crippen LogP contribution in [0.3, 0.4) is 0 Å². The third-order valence-electron chi connectivity index (χ3n) is 6.73. The molecule has 5 unspecified atom stereocenters. The number of ether oxygens (including phenoxy) is 2. The molecule has 0 aromatic heterocycles. The number of carbonyl (C=O) groups is 3. The minimum absolute atomic E-state index is 0. The quantitative estimate of drug-likeness (QED) is 0.702. The van der Waals surface area contributed by atoms with Crippen LogP contribution < -0.4 is 10.1 Å². The molecule has 30 heavy (non-hydrogen) atoms. The van der Waals surface area contributed by atoms with Gasteiger partial charge in [-0.05, 0) is 18.9 Å². The zero-order valence-electron chi connectivity index (χ0n) is 16.8. The van der Waals surface area contributed by atoms with Gasteiger partial charge in [-0.25, -0.2) is 0 Å². The van der Waals surface area contributed by atoms with Crippen LogP contribution >= 0.6 is 12.4 Å². The molecule has 1 aromatic carbocycles. The summed E-state index contributed by atoms with van der Waals surface area (Å²) in [4.78, 5) is 41.9. The maximum Gasteiger partial charge on any atom is 0.243 e. The molecule has 3 amide bonds. The normalized spacial score (nSPS) is 32.2. The van der Waals surface area contributed by atoms with E-state index in [4.69, 9.17) is 9.47 Å². The molecule has 1 aromatic rings. The van der Waals surface area contributed by atoms with Crippen molar-refractivity contribution >= 4 is 30.1 Å². The van der Waals surface area contributed by atoms with E-state index in [9.17, 15) is 14.4 Å². The molecule has 0 aliphatic carbocycles. The number of amides is 3. The Kier molecular flexibility index (Phi) is 5.74. The number of benzene rings is 1. The monoisotopic (exact) mass is 435 g/mol. The van der Waals surface area contributed by atoms with Gasteiger partial charge in [0.05, 0.1) is 37.2 Å². The van der Waals surface area contributed by atoms with E-state index >= 15 is 0 Å². The number of hydrogen-bond acceptors (Lipinski definition) is 6. The standard InChI is InChI=1S/C21H25N3O5.ClH/c1-28-14-5-3-2-4-12(14)13-10-22-8-9-23(13)17(25)11-24-20(26)18-15-6-7-16(29-15)19(18)21(24)27;/h2-5,13,15-16,18-19,22H,6-11H2,1H3;1H. The molecule has 4 aliphatic rings. The number of likely N-dealkylation sites (tertiary alicyclic amines) is 1. The van der Waals surface area contributed by atoms with Crippen molar-refractivity contribution in [1.29, 1.82) is 0 Å². The SMILES string of the molecule is COc1ccccc1C1CNCCN1C(=O)CN1C(=O)C2C3CCC(O3)C2C1=O.Cl. The van der Waals surface area contributed by atoms with Gasteiger partial charge in [0.1, 0.15) is 12.3 Å². The number of imide groups is 1. The zero-order valence-corrected chi connectivity index (χ0v) is 17.6. The molecular formula is C21H26ClN3O5. The lowest BCUT2D eigenvalue weighted by atomic mass is 9.81. The fourth-order valence-electron chi connectivity index (χ4n) is 5.38. The van der Waals surface area contributed by atoms with Gasteiger partial charge >= 0.3 is 0 Å². The third-order valence-corrected chi connectivity index (χ3v) is 6.73. The third kappa shape index (κ3) is 3.18. The van der Waals surface area contributed by atoms with E-state index in [1.165, 1.54) is 4.90 Å². The van der Waals surface area contributed by atoms with E-state index in [0.29, 0.717) is 19.6 Å². The van der Waals surface area contributed by atoms with E-state index < -0.39 is 11.8 Å².